The van der Waals surface area contributed by atoms with Gasteiger partial charge in [-0.15, -0.1) is 0 Å². The van der Waals surface area contributed by atoms with Gasteiger partial charge < -0.3 is 10.2 Å². The van der Waals surface area contributed by atoms with Gasteiger partial charge in [0.15, 0.2) is 0 Å². The Balaban J connectivity index is 1.80. The lowest BCUT2D eigenvalue weighted by Crippen LogP contribution is -2.17. The van der Waals surface area contributed by atoms with Crippen LogP contribution in [0.3, 0.4) is 0 Å². The molecule has 1 N–H and O–H groups in total. The number of rotatable bonds is 3. The molecule has 0 bridgehead atoms. The number of para-hydroxylation sites is 1. The highest BCUT2D eigenvalue weighted by Crippen LogP contribution is 2.22. The predicted molar refractivity (Wildman–Crippen MR) is 75.5 cm³/mol. The van der Waals surface area contributed by atoms with Crippen LogP contribution in [0.25, 0.3) is 0 Å². The number of hydrogen-bond acceptors (Lipinski definition) is 2. The van der Waals surface area contributed by atoms with Crippen molar-refractivity contribution in [3.63, 3.8) is 0 Å². The van der Waals surface area contributed by atoms with Crippen molar-refractivity contribution in [2.24, 2.45) is 0 Å². The Kier molecular flexibility index (Phi) is 3.22. The molecule has 3 rings (SSSR count). The summed E-state index contributed by atoms with van der Waals surface area (Å²) in [4.78, 5) is 1.94. The zero-order chi connectivity index (χ0) is 13.2. The summed E-state index contributed by atoms with van der Waals surface area (Å²) in [5, 5.41) is 3.34. The Bertz CT molecular complexity index is 595. The van der Waals surface area contributed by atoms with E-state index in [4.69, 9.17) is 0 Å². The van der Waals surface area contributed by atoms with E-state index in [1.807, 2.05) is 24.1 Å². The van der Waals surface area contributed by atoms with Crippen LogP contribution in [0.15, 0.2) is 42.5 Å². The topological polar surface area (TPSA) is 15.3 Å². The van der Waals surface area contributed by atoms with Crippen LogP contribution in [0.5, 0.6) is 0 Å². The first-order valence-corrected chi connectivity index (χ1v) is 6.51. The molecule has 0 amide bonds. The Hall–Kier alpha value is -1.87. The standard InChI is InChI=1S/C16H17FN2/c1-19(16-5-3-2-4-15(16)17)11-12-6-7-13-9-18-10-14(13)8-12/h2-8,18H,9-11H2,1H3. The quantitative estimate of drug-likeness (QED) is 0.908. The zero-order valence-electron chi connectivity index (χ0n) is 11.0. The molecule has 0 radical (unpaired) electrons. The number of anilines is 1. The molecule has 2 aromatic rings. The second-order valence-corrected chi connectivity index (χ2v) is 5.01. The maximum absolute atomic E-state index is 13.7. The van der Waals surface area contributed by atoms with E-state index >= 15 is 0 Å². The molecular formula is C16H17FN2. The average molecular weight is 256 g/mol. The monoisotopic (exact) mass is 256 g/mol. The smallest absolute Gasteiger partial charge is 0.146 e. The van der Waals surface area contributed by atoms with Crippen LogP contribution in [0.2, 0.25) is 0 Å². The summed E-state index contributed by atoms with van der Waals surface area (Å²) in [6, 6.07) is 13.4. The minimum absolute atomic E-state index is 0.173. The van der Waals surface area contributed by atoms with E-state index in [0.29, 0.717) is 12.2 Å². The third-order valence-corrected chi connectivity index (χ3v) is 3.59. The van der Waals surface area contributed by atoms with Gasteiger partial charge in [-0.25, -0.2) is 4.39 Å². The molecule has 1 heterocycles. The van der Waals surface area contributed by atoms with Gasteiger partial charge in [0.2, 0.25) is 0 Å². The van der Waals surface area contributed by atoms with Gasteiger partial charge in [-0.3, -0.25) is 0 Å². The van der Waals surface area contributed by atoms with E-state index in [-0.39, 0.29) is 5.82 Å². The Morgan fingerprint density at radius 2 is 1.89 bits per heavy atom. The Morgan fingerprint density at radius 1 is 1.11 bits per heavy atom. The van der Waals surface area contributed by atoms with E-state index in [1.165, 1.54) is 22.8 Å². The highest BCUT2D eigenvalue weighted by Gasteiger charge is 2.12. The number of halogens is 1. The second kappa shape index (κ2) is 5.02. The summed E-state index contributed by atoms with van der Waals surface area (Å²) in [7, 11) is 1.92. The van der Waals surface area contributed by atoms with E-state index in [9.17, 15) is 4.39 Å². The lowest BCUT2D eigenvalue weighted by Gasteiger charge is -2.20. The Labute approximate surface area is 112 Å². The predicted octanol–water partition coefficient (Wildman–Crippen LogP) is 3.07. The van der Waals surface area contributed by atoms with Gasteiger partial charge in [-0.2, -0.15) is 0 Å². The van der Waals surface area contributed by atoms with Crippen LogP contribution in [0, 0.1) is 5.82 Å². The van der Waals surface area contributed by atoms with Crippen molar-refractivity contribution in [1.29, 1.82) is 0 Å². The highest BCUT2D eigenvalue weighted by atomic mass is 19.1. The molecule has 2 nitrogen and oxygen atoms in total. The average Bonchev–Trinajstić information content (AvgIpc) is 2.86. The van der Waals surface area contributed by atoms with Crippen molar-refractivity contribution in [1.82, 2.24) is 5.32 Å². The van der Waals surface area contributed by atoms with Crippen LogP contribution in [0.1, 0.15) is 16.7 Å². The van der Waals surface area contributed by atoms with Crippen molar-refractivity contribution < 1.29 is 4.39 Å². The molecule has 19 heavy (non-hydrogen) atoms. The first-order chi connectivity index (χ1) is 9.24. The van der Waals surface area contributed by atoms with Gasteiger partial charge in [0.05, 0.1) is 5.69 Å². The summed E-state index contributed by atoms with van der Waals surface area (Å²) < 4.78 is 13.7. The molecule has 0 aromatic heterocycles. The first kappa shape index (κ1) is 12.2. The summed E-state index contributed by atoms with van der Waals surface area (Å²) in [6.07, 6.45) is 0. The van der Waals surface area contributed by atoms with Gasteiger partial charge in [0, 0.05) is 26.7 Å². The molecule has 0 aliphatic carbocycles. The van der Waals surface area contributed by atoms with Gasteiger partial charge in [-0.05, 0) is 28.8 Å². The fourth-order valence-electron chi connectivity index (χ4n) is 2.57. The van der Waals surface area contributed by atoms with E-state index < -0.39 is 0 Å². The van der Waals surface area contributed by atoms with Crippen molar-refractivity contribution in [3.8, 4) is 0 Å². The molecule has 1 aliphatic rings. The van der Waals surface area contributed by atoms with Crippen molar-refractivity contribution in [2.75, 3.05) is 11.9 Å². The van der Waals surface area contributed by atoms with Crippen molar-refractivity contribution in [2.45, 2.75) is 19.6 Å². The van der Waals surface area contributed by atoms with E-state index in [0.717, 1.165) is 13.1 Å². The van der Waals surface area contributed by atoms with Crippen LogP contribution < -0.4 is 10.2 Å². The van der Waals surface area contributed by atoms with E-state index in [1.54, 1.807) is 6.07 Å². The maximum Gasteiger partial charge on any atom is 0.146 e. The van der Waals surface area contributed by atoms with E-state index in [2.05, 4.69) is 23.5 Å². The molecule has 0 saturated heterocycles. The fourth-order valence-corrected chi connectivity index (χ4v) is 2.57. The largest absolute Gasteiger partial charge is 0.368 e. The summed E-state index contributed by atoms with van der Waals surface area (Å²) in [5.74, 6) is -0.173. The number of nitrogens with zero attached hydrogens (tertiary/aromatic N) is 1. The van der Waals surface area contributed by atoms with Crippen molar-refractivity contribution >= 4 is 5.69 Å². The molecule has 0 saturated carbocycles. The molecule has 0 atom stereocenters. The van der Waals surface area contributed by atoms with Crippen LogP contribution in [0.4, 0.5) is 10.1 Å². The third-order valence-electron chi connectivity index (χ3n) is 3.59. The normalized spacial score (nSPS) is 13.4. The minimum Gasteiger partial charge on any atom is -0.368 e. The molecule has 3 heteroatoms. The molecule has 0 fully saturated rings. The first-order valence-electron chi connectivity index (χ1n) is 6.51. The molecule has 0 unspecified atom stereocenters. The van der Waals surface area contributed by atoms with Gasteiger partial charge in [-0.1, -0.05) is 30.3 Å². The maximum atomic E-state index is 13.7. The summed E-state index contributed by atoms with van der Waals surface area (Å²) in [6.45, 7) is 2.61. The van der Waals surface area contributed by atoms with Crippen LogP contribution >= 0.6 is 0 Å². The zero-order valence-corrected chi connectivity index (χ0v) is 11.0. The SMILES string of the molecule is CN(Cc1ccc2c(c1)CNC2)c1ccccc1F. The van der Waals surface area contributed by atoms with Crippen molar-refractivity contribution in [3.05, 3.63) is 65.0 Å². The number of hydrogen-bond donors (Lipinski definition) is 1. The van der Waals surface area contributed by atoms with Crippen LogP contribution in [-0.2, 0) is 19.6 Å². The molecule has 0 spiro atoms. The highest BCUT2D eigenvalue weighted by molar-refractivity contribution is 5.48. The number of nitrogens with one attached hydrogen (secondary N) is 1. The van der Waals surface area contributed by atoms with Gasteiger partial charge in [0.25, 0.3) is 0 Å². The number of fused-ring (bicyclic) bond motifs is 1. The summed E-state index contributed by atoms with van der Waals surface area (Å²) >= 11 is 0. The minimum atomic E-state index is -0.173. The molecule has 2 aromatic carbocycles. The molecular weight excluding hydrogens is 239 g/mol. The van der Waals surface area contributed by atoms with Gasteiger partial charge in [0.1, 0.15) is 5.82 Å². The fraction of sp³-hybridized carbons (Fsp3) is 0.250. The summed E-state index contributed by atoms with van der Waals surface area (Å²) in [5.41, 5.74) is 4.59. The lowest BCUT2D eigenvalue weighted by atomic mass is 10.1. The Morgan fingerprint density at radius 3 is 2.74 bits per heavy atom. The lowest BCUT2D eigenvalue weighted by molar-refractivity contribution is 0.622. The number of benzene rings is 2. The third kappa shape index (κ3) is 2.47. The van der Waals surface area contributed by atoms with Crippen LogP contribution in [-0.4, -0.2) is 7.05 Å². The molecule has 1 aliphatic heterocycles. The van der Waals surface area contributed by atoms with Gasteiger partial charge >= 0.3 is 0 Å². The molecule has 98 valence electrons. The second-order valence-electron chi connectivity index (χ2n) is 5.01.